The topological polar surface area (TPSA) is 76.5 Å². The van der Waals surface area contributed by atoms with E-state index >= 15 is 0 Å². The number of ether oxygens (including phenoxy) is 1. The smallest absolute Gasteiger partial charge is 0.337 e. The molecule has 0 atom stereocenters. The predicted molar refractivity (Wildman–Crippen MR) is 93.5 cm³/mol. The number of hydrazone groups is 1. The van der Waals surface area contributed by atoms with Gasteiger partial charge in [0.05, 0.1) is 29.9 Å². The van der Waals surface area contributed by atoms with E-state index in [9.17, 15) is 4.79 Å². The summed E-state index contributed by atoms with van der Waals surface area (Å²) in [6, 6.07) is 14.3. The maximum atomic E-state index is 11.4. The minimum atomic E-state index is -0.380. The second-order valence-electron chi connectivity index (χ2n) is 4.84. The summed E-state index contributed by atoms with van der Waals surface area (Å²) in [7, 11) is 1.34. The zero-order valence-electron chi connectivity index (χ0n) is 12.7. The molecule has 3 aromatic rings. The molecule has 120 valence electrons. The number of para-hydroxylation sites is 2. The number of halogens is 1. The standard InChI is InChI=1S/C17H13ClN4O2/c1-24-17(23)12-8-6-11(7-9-12)10-19-22-16-15(18)20-13-4-2-3-5-14(13)21-16/h2-10H,1H3,(H,21,22)/b19-10-. The maximum absolute atomic E-state index is 11.4. The third-order valence-electron chi connectivity index (χ3n) is 3.24. The Kier molecular flexibility index (Phi) is 4.67. The number of carbonyl (C=O) groups is 1. The quantitative estimate of drug-likeness (QED) is 0.447. The molecule has 1 aromatic heterocycles. The van der Waals surface area contributed by atoms with Crippen LogP contribution in [-0.4, -0.2) is 29.3 Å². The number of methoxy groups -OCH3 is 1. The molecule has 0 aliphatic carbocycles. The number of anilines is 1. The molecular weight excluding hydrogens is 328 g/mol. The van der Waals surface area contributed by atoms with Gasteiger partial charge in [-0.1, -0.05) is 35.9 Å². The van der Waals surface area contributed by atoms with Gasteiger partial charge in [0.25, 0.3) is 0 Å². The Bertz CT molecular complexity index is 910. The van der Waals surface area contributed by atoms with Gasteiger partial charge in [-0.3, -0.25) is 5.43 Å². The molecule has 0 radical (unpaired) electrons. The number of fused-ring (bicyclic) bond motifs is 1. The number of esters is 1. The van der Waals surface area contributed by atoms with Crippen molar-refractivity contribution < 1.29 is 9.53 Å². The first-order valence-corrected chi connectivity index (χ1v) is 7.45. The number of nitrogens with zero attached hydrogens (tertiary/aromatic N) is 3. The van der Waals surface area contributed by atoms with Gasteiger partial charge in [0.1, 0.15) is 0 Å². The fourth-order valence-electron chi connectivity index (χ4n) is 2.04. The highest BCUT2D eigenvalue weighted by Gasteiger charge is 2.06. The molecule has 0 saturated heterocycles. The van der Waals surface area contributed by atoms with Crippen LogP contribution >= 0.6 is 11.6 Å². The second-order valence-corrected chi connectivity index (χ2v) is 5.19. The van der Waals surface area contributed by atoms with Gasteiger partial charge in [0, 0.05) is 0 Å². The lowest BCUT2D eigenvalue weighted by molar-refractivity contribution is 0.0600. The Morgan fingerprint density at radius 1 is 1.12 bits per heavy atom. The molecule has 1 N–H and O–H groups in total. The third kappa shape index (κ3) is 3.49. The number of nitrogens with one attached hydrogen (secondary N) is 1. The first kappa shape index (κ1) is 15.9. The molecule has 6 nitrogen and oxygen atoms in total. The Balaban J connectivity index is 1.74. The lowest BCUT2D eigenvalue weighted by Crippen LogP contribution is -2.01. The van der Waals surface area contributed by atoms with Gasteiger partial charge in [-0.2, -0.15) is 5.10 Å². The third-order valence-corrected chi connectivity index (χ3v) is 3.51. The summed E-state index contributed by atoms with van der Waals surface area (Å²) >= 11 is 6.10. The van der Waals surface area contributed by atoms with Gasteiger partial charge >= 0.3 is 5.97 Å². The lowest BCUT2D eigenvalue weighted by atomic mass is 10.1. The second kappa shape index (κ2) is 7.06. The molecule has 0 spiro atoms. The van der Waals surface area contributed by atoms with Gasteiger partial charge in [-0.15, -0.1) is 0 Å². The van der Waals surface area contributed by atoms with Crippen molar-refractivity contribution in [3.05, 3.63) is 64.8 Å². The van der Waals surface area contributed by atoms with Crippen LogP contribution in [0.15, 0.2) is 53.6 Å². The SMILES string of the molecule is COC(=O)c1ccc(/C=N\Nc2nc3ccccc3nc2Cl)cc1. The van der Waals surface area contributed by atoms with Crippen molar-refractivity contribution in [1.82, 2.24) is 9.97 Å². The van der Waals surface area contributed by atoms with Crippen molar-refractivity contribution in [2.24, 2.45) is 5.10 Å². The summed E-state index contributed by atoms with van der Waals surface area (Å²) in [4.78, 5) is 20.0. The summed E-state index contributed by atoms with van der Waals surface area (Å²) in [6.07, 6.45) is 1.59. The van der Waals surface area contributed by atoms with E-state index in [2.05, 4.69) is 25.2 Å². The molecule has 0 aliphatic heterocycles. The number of rotatable bonds is 4. The lowest BCUT2D eigenvalue weighted by Gasteiger charge is -2.04. The van der Waals surface area contributed by atoms with Crippen LogP contribution in [0.1, 0.15) is 15.9 Å². The molecule has 0 aliphatic rings. The summed E-state index contributed by atoms with van der Waals surface area (Å²) in [5.74, 6) is -0.00682. The average molecular weight is 341 g/mol. The first-order valence-electron chi connectivity index (χ1n) is 7.07. The molecule has 24 heavy (non-hydrogen) atoms. The van der Waals surface area contributed by atoms with Crippen LogP contribution in [-0.2, 0) is 4.74 Å². The van der Waals surface area contributed by atoms with Crippen LogP contribution < -0.4 is 5.43 Å². The minimum Gasteiger partial charge on any atom is -0.465 e. The summed E-state index contributed by atoms with van der Waals surface area (Å²) in [5, 5.41) is 4.34. The molecule has 0 fully saturated rings. The van der Waals surface area contributed by atoms with Crippen LogP contribution in [0.3, 0.4) is 0 Å². The van der Waals surface area contributed by atoms with Gasteiger partial charge in [-0.25, -0.2) is 14.8 Å². The number of hydrogen-bond acceptors (Lipinski definition) is 6. The predicted octanol–water partition coefficient (Wildman–Crippen LogP) is 3.52. The fraction of sp³-hybridized carbons (Fsp3) is 0.0588. The van der Waals surface area contributed by atoms with Crippen molar-refractivity contribution in [1.29, 1.82) is 0 Å². The molecule has 0 amide bonds. The van der Waals surface area contributed by atoms with Crippen LogP contribution in [0, 0.1) is 0 Å². The number of carbonyl (C=O) groups excluding carboxylic acids is 1. The average Bonchev–Trinajstić information content (AvgIpc) is 2.62. The van der Waals surface area contributed by atoms with E-state index in [1.165, 1.54) is 7.11 Å². The molecular formula is C17H13ClN4O2. The van der Waals surface area contributed by atoms with Crippen LogP contribution in [0.2, 0.25) is 5.15 Å². The van der Waals surface area contributed by atoms with E-state index in [4.69, 9.17) is 11.6 Å². The highest BCUT2D eigenvalue weighted by molar-refractivity contribution is 6.32. The van der Waals surface area contributed by atoms with Gasteiger partial charge in [0.15, 0.2) is 11.0 Å². The van der Waals surface area contributed by atoms with Crippen LogP contribution in [0.4, 0.5) is 5.82 Å². The van der Waals surface area contributed by atoms with Gasteiger partial charge in [0.2, 0.25) is 0 Å². The summed E-state index contributed by atoms with van der Waals surface area (Å²) in [6.45, 7) is 0. The van der Waals surface area contributed by atoms with E-state index < -0.39 is 0 Å². The number of benzene rings is 2. The minimum absolute atomic E-state index is 0.242. The largest absolute Gasteiger partial charge is 0.465 e. The van der Waals surface area contributed by atoms with Gasteiger partial charge in [-0.05, 0) is 29.8 Å². The molecule has 1 heterocycles. The fourth-order valence-corrected chi connectivity index (χ4v) is 2.22. The summed E-state index contributed by atoms with van der Waals surface area (Å²) < 4.78 is 4.65. The molecule has 0 unspecified atom stereocenters. The van der Waals surface area contributed by atoms with E-state index in [0.717, 1.165) is 16.6 Å². The van der Waals surface area contributed by atoms with Crippen molar-refractivity contribution in [2.45, 2.75) is 0 Å². The maximum Gasteiger partial charge on any atom is 0.337 e. The Morgan fingerprint density at radius 3 is 2.46 bits per heavy atom. The highest BCUT2D eigenvalue weighted by atomic mass is 35.5. The first-order chi connectivity index (χ1) is 11.7. The van der Waals surface area contributed by atoms with Crippen molar-refractivity contribution in [3.63, 3.8) is 0 Å². The van der Waals surface area contributed by atoms with Crippen molar-refractivity contribution in [2.75, 3.05) is 12.5 Å². The normalized spacial score (nSPS) is 10.9. The molecule has 2 aromatic carbocycles. The zero-order valence-corrected chi connectivity index (χ0v) is 13.5. The Morgan fingerprint density at radius 2 is 1.79 bits per heavy atom. The van der Waals surface area contributed by atoms with Crippen LogP contribution in [0.5, 0.6) is 0 Å². The van der Waals surface area contributed by atoms with E-state index in [1.54, 1.807) is 30.5 Å². The zero-order chi connectivity index (χ0) is 16.9. The van der Waals surface area contributed by atoms with Crippen molar-refractivity contribution in [3.8, 4) is 0 Å². The molecule has 0 bridgehead atoms. The molecule has 3 rings (SSSR count). The van der Waals surface area contributed by atoms with Gasteiger partial charge < -0.3 is 4.74 Å². The Hall–Kier alpha value is -2.99. The van der Waals surface area contributed by atoms with E-state index in [0.29, 0.717) is 11.4 Å². The van der Waals surface area contributed by atoms with Crippen molar-refractivity contribution >= 4 is 40.6 Å². The molecule has 0 saturated carbocycles. The number of aromatic nitrogens is 2. The Labute approximate surface area is 143 Å². The highest BCUT2D eigenvalue weighted by Crippen LogP contribution is 2.20. The summed E-state index contributed by atoms with van der Waals surface area (Å²) in [5.41, 5.74) is 5.50. The van der Waals surface area contributed by atoms with E-state index in [-0.39, 0.29) is 11.1 Å². The number of hydrogen-bond donors (Lipinski definition) is 1. The monoisotopic (exact) mass is 340 g/mol. The van der Waals surface area contributed by atoms with E-state index in [1.807, 2.05) is 24.3 Å². The molecule has 7 heteroatoms. The van der Waals surface area contributed by atoms with Crippen LogP contribution in [0.25, 0.3) is 11.0 Å².